The molecular weight excluding hydrogens is 350 g/mol. The van der Waals surface area contributed by atoms with Gasteiger partial charge in [-0.2, -0.15) is 10.4 Å². The molecule has 2 aromatic heterocycles. The third kappa shape index (κ3) is 3.29. The summed E-state index contributed by atoms with van der Waals surface area (Å²) in [5, 5.41) is 18.6. The van der Waals surface area contributed by atoms with Crippen LogP contribution in [0.25, 0.3) is 10.9 Å². The average Bonchev–Trinajstić information content (AvgIpc) is 3.47. The highest BCUT2D eigenvalue weighted by atomic mass is 16.5. The highest BCUT2D eigenvalue weighted by Gasteiger charge is 2.25. The Morgan fingerprint density at radius 1 is 1.11 bits per heavy atom. The molecule has 2 aliphatic rings. The van der Waals surface area contributed by atoms with Crippen molar-refractivity contribution in [3.63, 3.8) is 0 Å². The van der Waals surface area contributed by atoms with Crippen LogP contribution >= 0.6 is 0 Å². The first-order chi connectivity index (χ1) is 13.8. The number of hydrogen-bond donors (Lipinski definition) is 0. The summed E-state index contributed by atoms with van der Waals surface area (Å²) in [5.74, 6) is 2.51. The Morgan fingerprint density at radius 2 is 1.96 bits per heavy atom. The van der Waals surface area contributed by atoms with Gasteiger partial charge in [0.05, 0.1) is 17.3 Å². The number of aromatic nitrogens is 3. The lowest BCUT2D eigenvalue weighted by Crippen LogP contribution is -2.39. The normalized spacial score (nSPS) is 17.6. The fourth-order valence-corrected chi connectivity index (χ4v) is 4.05. The van der Waals surface area contributed by atoms with E-state index in [9.17, 15) is 5.26 Å². The molecule has 1 aliphatic carbocycles. The largest absolute Gasteiger partial charge is 0.490 e. The zero-order chi connectivity index (χ0) is 18.9. The van der Waals surface area contributed by atoms with Crippen LogP contribution in [0.1, 0.15) is 31.2 Å². The summed E-state index contributed by atoms with van der Waals surface area (Å²) in [6.45, 7) is 2.75. The molecule has 0 N–H and O–H groups in total. The molecule has 6 nitrogen and oxygen atoms in total. The number of fused-ring (bicyclic) bond motifs is 1. The van der Waals surface area contributed by atoms with Crippen LogP contribution in [0.2, 0.25) is 0 Å². The minimum Gasteiger partial charge on any atom is -0.490 e. The third-order valence-corrected chi connectivity index (χ3v) is 5.78. The number of anilines is 1. The number of nitriles is 1. The topological polar surface area (TPSA) is 67.0 Å². The summed E-state index contributed by atoms with van der Waals surface area (Å²) >= 11 is 0. The summed E-state index contributed by atoms with van der Waals surface area (Å²) in [6, 6.07) is 12.5. The van der Waals surface area contributed by atoms with Gasteiger partial charge in [-0.3, -0.25) is 0 Å². The first-order valence-corrected chi connectivity index (χ1v) is 10.0. The van der Waals surface area contributed by atoms with Crippen molar-refractivity contribution in [2.75, 3.05) is 18.0 Å². The van der Waals surface area contributed by atoms with Crippen molar-refractivity contribution in [2.45, 2.75) is 38.3 Å². The van der Waals surface area contributed by atoms with Crippen LogP contribution in [0.15, 0.2) is 42.7 Å². The molecule has 3 heterocycles. The van der Waals surface area contributed by atoms with Crippen LogP contribution in [0.3, 0.4) is 0 Å². The number of hydrogen-bond acceptors (Lipinski definition) is 5. The molecule has 3 aromatic rings. The summed E-state index contributed by atoms with van der Waals surface area (Å²) < 4.78 is 8.76. The second-order valence-corrected chi connectivity index (χ2v) is 7.78. The monoisotopic (exact) mass is 373 g/mol. The van der Waals surface area contributed by atoms with E-state index in [0.717, 1.165) is 44.1 Å². The molecule has 2 fully saturated rings. The molecule has 0 amide bonds. The Balaban J connectivity index is 1.28. The Labute approximate surface area is 164 Å². The van der Waals surface area contributed by atoms with E-state index < -0.39 is 0 Å². The van der Waals surface area contributed by atoms with Gasteiger partial charge in [-0.15, -0.1) is 5.10 Å². The Hall–Kier alpha value is -3.07. The fourth-order valence-electron chi connectivity index (χ4n) is 4.05. The van der Waals surface area contributed by atoms with Gasteiger partial charge < -0.3 is 14.2 Å². The van der Waals surface area contributed by atoms with Gasteiger partial charge in [-0.1, -0.05) is 6.07 Å². The lowest BCUT2D eigenvalue weighted by Gasteiger charge is -2.33. The van der Waals surface area contributed by atoms with E-state index in [-0.39, 0.29) is 6.10 Å². The Kier molecular flexibility index (Phi) is 4.36. The molecule has 5 rings (SSSR count). The average molecular weight is 373 g/mol. The maximum absolute atomic E-state index is 9.29. The molecule has 142 valence electrons. The maximum atomic E-state index is 9.29. The lowest BCUT2D eigenvalue weighted by molar-refractivity contribution is 0.173. The summed E-state index contributed by atoms with van der Waals surface area (Å²) in [7, 11) is 0. The van der Waals surface area contributed by atoms with Crippen LogP contribution in [0, 0.1) is 17.2 Å². The first-order valence-electron chi connectivity index (χ1n) is 10.0. The molecule has 0 spiro atoms. The summed E-state index contributed by atoms with van der Waals surface area (Å²) in [4.78, 5) is 2.14. The van der Waals surface area contributed by atoms with Crippen molar-refractivity contribution in [3.05, 3.63) is 48.3 Å². The number of nitrogens with zero attached hydrogens (tertiary/aromatic N) is 5. The molecule has 0 atom stereocenters. The van der Waals surface area contributed by atoms with Gasteiger partial charge in [-0.05, 0) is 43.0 Å². The van der Waals surface area contributed by atoms with E-state index in [1.54, 1.807) is 12.3 Å². The minimum absolute atomic E-state index is 0.177. The molecule has 1 aliphatic heterocycles. The van der Waals surface area contributed by atoms with E-state index >= 15 is 0 Å². The lowest BCUT2D eigenvalue weighted by atomic mass is 10.1. The van der Waals surface area contributed by atoms with E-state index in [0.29, 0.717) is 11.4 Å². The van der Waals surface area contributed by atoms with Gasteiger partial charge in [0.25, 0.3) is 0 Å². The molecule has 1 saturated heterocycles. The first kappa shape index (κ1) is 17.1. The zero-order valence-corrected chi connectivity index (χ0v) is 15.8. The second kappa shape index (κ2) is 7.16. The predicted octanol–water partition coefficient (Wildman–Crippen LogP) is 3.76. The summed E-state index contributed by atoms with van der Waals surface area (Å²) in [6.07, 6.45) is 8.45. The SMILES string of the molecule is N#Cc1ccnnc1N1CCC(Oc2cccc3c2ccn3CC2CC2)CC1. The molecule has 0 radical (unpaired) electrons. The molecule has 1 aromatic carbocycles. The van der Waals surface area contributed by atoms with Gasteiger partial charge >= 0.3 is 0 Å². The number of rotatable bonds is 5. The zero-order valence-electron chi connectivity index (χ0n) is 15.8. The quantitative estimate of drug-likeness (QED) is 0.681. The van der Waals surface area contributed by atoms with Crippen molar-refractivity contribution in [2.24, 2.45) is 5.92 Å². The third-order valence-electron chi connectivity index (χ3n) is 5.78. The van der Waals surface area contributed by atoms with Crippen molar-refractivity contribution in [1.29, 1.82) is 5.26 Å². The highest BCUT2D eigenvalue weighted by Crippen LogP contribution is 2.34. The molecule has 0 bridgehead atoms. The van der Waals surface area contributed by atoms with Gasteiger partial charge in [0.1, 0.15) is 17.9 Å². The van der Waals surface area contributed by atoms with Crippen LogP contribution in [0.4, 0.5) is 5.82 Å². The molecular formula is C22H23N5O. The highest BCUT2D eigenvalue weighted by molar-refractivity contribution is 5.86. The van der Waals surface area contributed by atoms with E-state index in [4.69, 9.17) is 4.74 Å². The number of piperidine rings is 1. The van der Waals surface area contributed by atoms with Crippen molar-refractivity contribution < 1.29 is 4.74 Å². The van der Waals surface area contributed by atoms with E-state index in [2.05, 4.69) is 56.2 Å². The predicted molar refractivity (Wildman–Crippen MR) is 107 cm³/mol. The van der Waals surface area contributed by atoms with Crippen molar-refractivity contribution in [3.8, 4) is 11.8 Å². The smallest absolute Gasteiger partial charge is 0.169 e. The summed E-state index contributed by atoms with van der Waals surface area (Å²) in [5.41, 5.74) is 1.84. The van der Waals surface area contributed by atoms with Crippen LogP contribution in [-0.2, 0) is 6.54 Å². The van der Waals surface area contributed by atoms with Crippen molar-refractivity contribution in [1.82, 2.24) is 14.8 Å². The molecule has 0 unspecified atom stereocenters. The van der Waals surface area contributed by atoms with Crippen LogP contribution in [0.5, 0.6) is 5.75 Å². The Bertz CT molecular complexity index is 1020. The molecule has 1 saturated carbocycles. The molecule has 28 heavy (non-hydrogen) atoms. The van der Waals surface area contributed by atoms with E-state index in [1.807, 2.05) is 0 Å². The van der Waals surface area contributed by atoms with Crippen molar-refractivity contribution >= 4 is 16.7 Å². The second-order valence-electron chi connectivity index (χ2n) is 7.78. The van der Waals surface area contributed by atoms with Gasteiger partial charge in [0, 0.05) is 44.1 Å². The molecule has 6 heteroatoms. The van der Waals surface area contributed by atoms with Gasteiger partial charge in [0.2, 0.25) is 0 Å². The van der Waals surface area contributed by atoms with Gasteiger partial charge in [-0.25, -0.2) is 0 Å². The van der Waals surface area contributed by atoms with E-state index in [1.165, 1.54) is 23.7 Å². The minimum atomic E-state index is 0.177. The fraction of sp³-hybridized carbons (Fsp3) is 0.409. The Morgan fingerprint density at radius 3 is 2.75 bits per heavy atom. The number of benzene rings is 1. The van der Waals surface area contributed by atoms with Crippen LogP contribution in [-0.4, -0.2) is 34.0 Å². The van der Waals surface area contributed by atoms with Gasteiger partial charge in [0.15, 0.2) is 5.82 Å². The standard InChI is InChI=1S/C22H23N5O/c23-14-17-6-10-24-25-22(17)26-11-7-18(8-12-26)28-21-3-1-2-20-19(21)9-13-27(20)15-16-4-5-16/h1-3,6,9-10,13,16,18H,4-5,7-8,11-12,15H2. The number of ether oxygens (including phenoxy) is 1. The maximum Gasteiger partial charge on any atom is 0.169 e. The van der Waals surface area contributed by atoms with Crippen LogP contribution < -0.4 is 9.64 Å².